The summed E-state index contributed by atoms with van der Waals surface area (Å²) in [5, 5.41) is 0.162. The summed E-state index contributed by atoms with van der Waals surface area (Å²) in [6, 6.07) is 0. The Labute approximate surface area is 121 Å². The second-order valence-electron chi connectivity index (χ2n) is 4.37. The average molecular weight is 319 g/mol. The van der Waals surface area contributed by atoms with Gasteiger partial charge in [-0.25, -0.2) is 22.8 Å². The second-order valence-corrected chi connectivity index (χ2v) is 5.60. The van der Waals surface area contributed by atoms with E-state index in [2.05, 4.69) is 4.98 Å². The number of thioether (sulfide) groups is 1. The van der Waals surface area contributed by atoms with Crippen molar-refractivity contribution in [2.75, 3.05) is 5.75 Å². The second kappa shape index (κ2) is 6.33. The van der Waals surface area contributed by atoms with Gasteiger partial charge in [-0.05, 0) is 11.8 Å². The van der Waals surface area contributed by atoms with Crippen molar-refractivity contribution >= 4 is 11.8 Å². The van der Waals surface area contributed by atoms with Crippen molar-refractivity contribution in [3.8, 4) is 0 Å². The van der Waals surface area contributed by atoms with Crippen LogP contribution in [0.15, 0.2) is 38.3 Å². The number of aromatic amines is 1. The predicted molar refractivity (Wildman–Crippen MR) is 72.1 cm³/mol. The summed E-state index contributed by atoms with van der Waals surface area (Å²) >= 11 is 1.16. The summed E-state index contributed by atoms with van der Waals surface area (Å²) in [4.78, 5) is 28.6. The molecule has 0 radical (unpaired) electrons. The van der Waals surface area contributed by atoms with Gasteiger partial charge in [0.1, 0.15) is 5.83 Å². The molecular weight excluding hydrogens is 307 g/mol. The summed E-state index contributed by atoms with van der Waals surface area (Å²) in [7, 11) is 0. The van der Waals surface area contributed by atoms with Crippen LogP contribution in [0.3, 0.4) is 0 Å². The van der Waals surface area contributed by atoms with E-state index in [-0.39, 0.29) is 18.1 Å². The molecule has 0 aliphatic heterocycles. The summed E-state index contributed by atoms with van der Waals surface area (Å²) in [6.45, 7) is 1.71. The van der Waals surface area contributed by atoms with Gasteiger partial charge < -0.3 is 0 Å². The molecule has 0 spiro atoms. The maximum Gasteiger partial charge on any atom is 0.351 e. The molecule has 21 heavy (non-hydrogen) atoms. The predicted octanol–water partition coefficient (Wildman–Crippen LogP) is 2.07. The molecule has 2 rings (SSSR count). The first-order chi connectivity index (χ1) is 9.92. The van der Waals surface area contributed by atoms with Gasteiger partial charge in [0.25, 0.3) is 0 Å². The Kier molecular flexibility index (Phi) is 4.71. The number of aromatic nitrogens is 3. The first kappa shape index (κ1) is 15.6. The number of hydrogen-bond acceptors (Lipinski definition) is 4. The molecule has 1 aliphatic rings. The summed E-state index contributed by atoms with van der Waals surface area (Å²) in [5.74, 6) is -4.13. The molecule has 1 unspecified atom stereocenters. The molecule has 1 N–H and O–H groups in total. The monoisotopic (exact) mass is 319 g/mol. The molecule has 1 aliphatic carbocycles. The number of allylic oxidation sites excluding steroid dienone is 4. The molecule has 0 bridgehead atoms. The van der Waals surface area contributed by atoms with Crippen molar-refractivity contribution in [3.63, 3.8) is 0 Å². The number of hydrogen-bond donors (Lipinski definition) is 1. The molecule has 0 saturated heterocycles. The molecule has 1 heterocycles. The van der Waals surface area contributed by atoms with E-state index >= 15 is 0 Å². The fourth-order valence-corrected chi connectivity index (χ4v) is 2.68. The van der Waals surface area contributed by atoms with Crippen molar-refractivity contribution in [1.29, 1.82) is 0 Å². The fraction of sp³-hybridized carbons (Fsp3) is 0.417. The van der Waals surface area contributed by atoms with Crippen LogP contribution in [0.1, 0.15) is 13.3 Å². The standard InChI is InChI=1S/C12H12F3N3O2S/c1-2-21-12-17-10(19)16-11(20)18(12)5-6-3-7(13)9(15)8(14)4-6/h3,6H,2,4-5H2,1H3,(H,16,19,20). The molecule has 1 aromatic heterocycles. The lowest BCUT2D eigenvalue weighted by molar-refractivity contribution is 0.382. The molecular formula is C12H12F3N3O2S. The van der Waals surface area contributed by atoms with Crippen LogP contribution in [0, 0.1) is 5.92 Å². The van der Waals surface area contributed by atoms with Gasteiger partial charge in [0.15, 0.2) is 16.8 Å². The van der Waals surface area contributed by atoms with Crippen molar-refractivity contribution in [2.24, 2.45) is 5.92 Å². The third-order valence-electron chi connectivity index (χ3n) is 2.85. The van der Waals surface area contributed by atoms with Gasteiger partial charge in [0, 0.05) is 18.9 Å². The number of halogens is 3. The van der Waals surface area contributed by atoms with E-state index in [1.165, 1.54) is 0 Å². The van der Waals surface area contributed by atoms with Crippen LogP contribution in [0.25, 0.3) is 0 Å². The van der Waals surface area contributed by atoms with Crippen LogP contribution in [-0.4, -0.2) is 20.3 Å². The smallest absolute Gasteiger partial charge is 0.272 e. The molecule has 0 aromatic carbocycles. The first-order valence-corrected chi connectivity index (χ1v) is 7.16. The van der Waals surface area contributed by atoms with Crippen LogP contribution in [-0.2, 0) is 6.54 Å². The minimum absolute atomic E-state index is 0.0981. The fourth-order valence-electron chi connectivity index (χ4n) is 1.96. The Balaban J connectivity index is 2.33. The Morgan fingerprint density at radius 3 is 2.76 bits per heavy atom. The quantitative estimate of drug-likeness (QED) is 0.863. The van der Waals surface area contributed by atoms with Crippen LogP contribution < -0.4 is 11.4 Å². The minimum atomic E-state index is -1.50. The average Bonchev–Trinajstić information content (AvgIpc) is 2.40. The Hall–Kier alpha value is -1.77. The first-order valence-electron chi connectivity index (χ1n) is 6.18. The Morgan fingerprint density at radius 1 is 1.43 bits per heavy atom. The highest BCUT2D eigenvalue weighted by atomic mass is 32.2. The maximum absolute atomic E-state index is 13.3. The molecule has 0 saturated carbocycles. The van der Waals surface area contributed by atoms with Crippen molar-refractivity contribution in [2.45, 2.75) is 25.0 Å². The van der Waals surface area contributed by atoms with Crippen LogP contribution in [0.5, 0.6) is 0 Å². The van der Waals surface area contributed by atoms with E-state index in [1.54, 1.807) is 6.92 Å². The van der Waals surface area contributed by atoms with Crippen LogP contribution in [0.4, 0.5) is 13.2 Å². The van der Waals surface area contributed by atoms with Gasteiger partial charge in [0.2, 0.25) is 0 Å². The summed E-state index contributed by atoms with van der Waals surface area (Å²) < 4.78 is 40.5. The third kappa shape index (κ3) is 3.46. The van der Waals surface area contributed by atoms with Crippen LogP contribution in [0.2, 0.25) is 0 Å². The SMILES string of the molecule is CCSc1nc(=O)[nH]c(=O)n1CC1C=C(F)C(F)=C(F)C1. The van der Waals surface area contributed by atoms with Gasteiger partial charge in [-0.1, -0.05) is 18.7 Å². The van der Waals surface area contributed by atoms with E-state index in [9.17, 15) is 22.8 Å². The lowest BCUT2D eigenvalue weighted by Gasteiger charge is -2.18. The van der Waals surface area contributed by atoms with E-state index in [0.29, 0.717) is 5.75 Å². The number of rotatable bonds is 4. The molecule has 0 fully saturated rings. The lowest BCUT2D eigenvalue weighted by Crippen LogP contribution is -2.35. The molecule has 5 nitrogen and oxygen atoms in total. The minimum Gasteiger partial charge on any atom is -0.272 e. The third-order valence-corrected chi connectivity index (χ3v) is 3.71. The molecule has 0 amide bonds. The van der Waals surface area contributed by atoms with E-state index in [1.807, 2.05) is 4.98 Å². The Bertz CT molecular complexity index is 723. The van der Waals surface area contributed by atoms with Crippen LogP contribution >= 0.6 is 11.8 Å². The molecule has 114 valence electrons. The molecule has 1 atom stereocenters. The van der Waals surface area contributed by atoms with Gasteiger partial charge in [0.05, 0.1) is 0 Å². The number of H-pyrrole nitrogens is 1. The van der Waals surface area contributed by atoms with Gasteiger partial charge in [-0.15, -0.1) is 0 Å². The van der Waals surface area contributed by atoms with E-state index in [4.69, 9.17) is 0 Å². The topological polar surface area (TPSA) is 67.8 Å². The lowest BCUT2D eigenvalue weighted by atomic mass is 9.99. The van der Waals surface area contributed by atoms with Crippen molar-refractivity contribution in [3.05, 3.63) is 44.5 Å². The normalized spacial score (nSPS) is 18.9. The molecule has 1 aromatic rings. The Morgan fingerprint density at radius 2 is 2.14 bits per heavy atom. The number of nitrogens with one attached hydrogen (secondary N) is 1. The van der Waals surface area contributed by atoms with Crippen molar-refractivity contribution < 1.29 is 13.2 Å². The maximum atomic E-state index is 13.3. The molecule has 9 heteroatoms. The highest BCUT2D eigenvalue weighted by Crippen LogP contribution is 2.32. The summed E-state index contributed by atoms with van der Waals surface area (Å²) in [5.41, 5.74) is -1.50. The zero-order valence-electron chi connectivity index (χ0n) is 11.0. The summed E-state index contributed by atoms with van der Waals surface area (Å²) in [6.07, 6.45) is 0.581. The number of nitrogens with zero attached hydrogens (tertiary/aromatic N) is 2. The highest BCUT2D eigenvalue weighted by Gasteiger charge is 2.24. The van der Waals surface area contributed by atoms with E-state index < -0.39 is 34.8 Å². The van der Waals surface area contributed by atoms with Crippen molar-refractivity contribution in [1.82, 2.24) is 14.5 Å². The zero-order chi connectivity index (χ0) is 15.6. The zero-order valence-corrected chi connectivity index (χ0v) is 11.8. The van der Waals surface area contributed by atoms with Gasteiger partial charge in [-0.2, -0.15) is 4.98 Å². The highest BCUT2D eigenvalue weighted by molar-refractivity contribution is 7.99. The largest absolute Gasteiger partial charge is 0.351 e. The van der Waals surface area contributed by atoms with E-state index in [0.717, 1.165) is 22.4 Å². The van der Waals surface area contributed by atoms with Gasteiger partial charge in [-0.3, -0.25) is 9.55 Å². The van der Waals surface area contributed by atoms with Gasteiger partial charge >= 0.3 is 11.4 Å².